The molecule has 1 saturated heterocycles. The average Bonchev–Trinajstić information content (AvgIpc) is 2.55. The zero-order valence-corrected chi connectivity index (χ0v) is 15.3. The normalized spacial score (nSPS) is 18.2. The van der Waals surface area contributed by atoms with Crippen molar-refractivity contribution >= 4 is 11.6 Å². The van der Waals surface area contributed by atoms with Crippen molar-refractivity contribution < 1.29 is 14.6 Å². The number of hydrogen-bond acceptors (Lipinski definition) is 4. The molecule has 130 valence electrons. The highest BCUT2D eigenvalue weighted by Gasteiger charge is 2.27. The highest BCUT2D eigenvalue weighted by molar-refractivity contribution is 6.32. The van der Waals surface area contributed by atoms with Crippen LogP contribution in [0.3, 0.4) is 0 Å². The first kappa shape index (κ1) is 18.4. The summed E-state index contributed by atoms with van der Waals surface area (Å²) in [6.07, 6.45) is 1.87. The highest BCUT2D eigenvalue weighted by atomic mass is 35.5. The Bertz CT molecular complexity index is 513. The highest BCUT2D eigenvalue weighted by Crippen LogP contribution is 2.34. The summed E-state index contributed by atoms with van der Waals surface area (Å²) in [4.78, 5) is 2.39. The molecule has 2 rings (SSSR count). The van der Waals surface area contributed by atoms with Gasteiger partial charge in [-0.05, 0) is 43.8 Å². The number of rotatable bonds is 6. The van der Waals surface area contributed by atoms with E-state index in [2.05, 4.69) is 18.7 Å². The lowest BCUT2D eigenvalue weighted by molar-refractivity contribution is 0.0268. The van der Waals surface area contributed by atoms with Gasteiger partial charge in [-0.1, -0.05) is 25.4 Å². The van der Waals surface area contributed by atoms with Crippen molar-refractivity contribution in [2.24, 2.45) is 11.8 Å². The van der Waals surface area contributed by atoms with Crippen molar-refractivity contribution in [3.8, 4) is 11.5 Å². The van der Waals surface area contributed by atoms with Crippen molar-refractivity contribution in [3.05, 3.63) is 22.7 Å². The molecule has 1 aliphatic heterocycles. The zero-order valence-electron chi connectivity index (χ0n) is 14.5. The number of aliphatic hydroxyl groups excluding tert-OH is 1. The van der Waals surface area contributed by atoms with Gasteiger partial charge in [0.05, 0.1) is 25.3 Å². The smallest absolute Gasteiger partial charge is 0.141 e. The number of aliphatic hydroxyl groups is 1. The Morgan fingerprint density at radius 1 is 1.17 bits per heavy atom. The molecule has 1 aromatic rings. The van der Waals surface area contributed by atoms with Gasteiger partial charge in [0.25, 0.3) is 0 Å². The van der Waals surface area contributed by atoms with Crippen LogP contribution in [0.25, 0.3) is 0 Å². The number of likely N-dealkylation sites (tertiary alicyclic amines) is 1. The molecule has 0 amide bonds. The molecular weight excluding hydrogens is 314 g/mol. The molecule has 4 nitrogen and oxygen atoms in total. The van der Waals surface area contributed by atoms with Gasteiger partial charge in [0.2, 0.25) is 0 Å². The third kappa shape index (κ3) is 4.52. The van der Waals surface area contributed by atoms with Crippen LogP contribution < -0.4 is 9.47 Å². The molecule has 1 N–H and O–H groups in total. The van der Waals surface area contributed by atoms with Crippen molar-refractivity contribution in [1.29, 1.82) is 0 Å². The molecule has 0 radical (unpaired) electrons. The molecule has 1 aliphatic rings. The van der Waals surface area contributed by atoms with Crippen LogP contribution in [-0.2, 0) is 6.54 Å². The number of nitrogens with zero attached hydrogens (tertiary/aromatic N) is 1. The van der Waals surface area contributed by atoms with Gasteiger partial charge in [0, 0.05) is 18.2 Å². The predicted molar refractivity (Wildman–Crippen MR) is 93.4 cm³/mol. The van der Waals surface area contributed by atoms with E-state index in [9.17, 15) is 5.11 Å². The summed E-state index contributed by atoms with van der Waals surface area (Å²) in [7, 11) is 3.27. The Labute approximate surface area is 144 Å². The topological polar surface area (TPSA) is 41.9 Å². The second-order valence-electron chi connectivity index (χ2n) is 6.65. The number of hydrogen-bond donors (Lipinski definition) is 1. The van der Waals surface area contributed by atoms with Crippen LogP contribution in [0.1, 0.15) is 32.3 Å². The van der Waals surface area contributed by atoms with E-state index in [4.69, 9.17) is 21.1 Å². The minimum atomic E-state index is -0.192. The van der Waals surface area contributed by atoms with E-state index in [-0.39, 0.29) is 6.10 Å². The van der Waals surface area contributed by atoms with Crippen LogP contribution in [0.15, 0.2) is 12.1 Å². The van der Waals surface area contributed by atoms with Crippen LogP contribution in [0.4, 0.5) is 0 Å². The first-order valence-corrected chi connectivity index (χ1v) is 8.64. The number of ether oxygens (including phenoxy) is 2. The lowest BCUT2D eigenvalue weighted by Crippen LogP contribution is -2.39. The molecule has 0 aromatic heterocycles. The second kappa shape index (κ2) is 8.22. The second-order valence-corrected chi connectivity index (χ2v) is 7.05. The zero-order chi connectivity index (χ0) is 17.0. The Morgan fingerprint density at radius 3 is 2.30 bits per heavy atom. The fourth-order valence-electron chi connectivity index (χ4n) is 3.28. The largest absolute Gasteiger partial charge is 0.496 e. The third-order valence-electron chi connectivity index (χ3n) is 4.75. The van der Waals surface area contributed by atoms with E-state index >= 15 is 0 Å². The minimum absolute atomic E-state index is 0.192. The van der Waals surface area contributed by atoms with Gasteiger partial charge in [-0.3, -0.25) is 4.90 Å². The summed E-state index contributed by atoms with van der Waals surface area (Å²) in [6.45, 7) is 6.95. The van der Waals surface area contributed by atoms with Crippen LogP contribution in [0.2, 0.25) is 5.02 Å². The summed E-state index contributed by atoms with van der Waals surface area (Å²) in [5, 5.41) is 10.8. The van der Waals surface area contributed by atoms with Gasteiger partial charge in [0.15, 0.2) is 0 Å². The van der Waals surface area contributed by atoms with Crippen molar-refractivity contribution in [3.63, 3.8) is 0 Å². The molecule has 0 saturated carbocycles. The number of halogens is 1. The summed E-state index contributed by atoms with van der Waals surface area (Å²) in [5.74, 6) is 2.17. The monoisotopic (exact) mass is 341 g/mol. The van der Waals surface area contributed by atoms with Gasteiger partial charge >= 0.3 is 0 Å². The predicted octanol–water partition coefficient (Wildman–Crippen LogP) is 3.59. The Balaban J connectivity index is 2.00. The molecule has 5 heteroatoms. The fraction of sp³-hybridized carbons (Fsp3) is 0.667. The SMILES string of the molecule is COc1cc(OC)c(CN2CCC([C@H](O)C(C)C)CC2)cc1Cl. The maximum absolute atomic E-state index is 10.2. The lowest BCUT2D eigenvalue weighted by Gasteiger charge is -2.35. The van der Waals surface area contributed by atoms with Crippen LogP contribution in [-0.4, -0.2) is 43.4 Å². The van der Waals surface area contributed by atoms with Crippen LogP contribution in [0.5, 0.6) is 11.5 Å². The quantitative estimate of drug-likeness (QED) is 0.858. The van der Waals surface area contributed by atoms with Crippen molar-refractivity contribution in [2.75, 3.05) is 27.3 Å². The third-order valence-corrected chi connectivity index (χ3v) is 5.04. The molecule has 0 spiro atoms. The number of benzene rings is 1. The summed E-state index contributed by atoms with van der Waals surface area (Å²) < 4.78 is 10.7. The first-order valence-electron chi connectivity index (χ1n) is 8.27. The molecule has 0 aliphatic carbocycles. The lowest BCUT2D eigenvalue weighted by atomic mass is 9.85. The summed E-state index contributed by atoms with van der Waals surface area (Å²) >= 11 is 6.24. The molecule has 1 fully saturated rings. The number of piperidine rings is 1. The van der Waals surface area contributed by atoms with Crippen LogP contribution in [0, 0.1) is 11.8 Å². The molecule has 1 heterocycles. The van der Waals surface area contributed by atoms with E-state index in [1.54, 1.807) is 14.2 Å². The molecule has 23 heavy (non-hydrogen) atoms. The average molecular weight is 342 g/mol. The van der Waals surface area contributed by atoms with E-state index < -0.39 is 0 Å². The van der Waals surface area contributed by atoms with Gasteiger partial charge in [-0.15, -0.1) is 0 Å². The van der Waals surface area contributed by atoms with Gasteiger partial charge in [-0.25, -0.2) is 0 Å². The van der Waals surface area contributed by atoms with E-state index in [0.29, 0.717) is 22.6 Å². The summed E-state index contributed by atoms with van der Waals surface area (Å²) in [6, 6.07) is 3.77. The maximum Gasteiger partial charge on any atom is 0.141 e. The Kier molecular flexibility index (Phi) is 6.57. The molecule has 0 bridgehead atoms. The van der Waals surface area contributed by atoms with E-state index in [1.165, 1.54) is 0 Å². The van der Waals surface area contributed by atoms with Crippen LogP contribution >= 0.6 is 11.6 Å². The summed E-state index contributed by atoms with van der Waals surface area (Å²) in [5.41, 5.74) is 1.07. The Morgan fingerprint density at radius 2 is 1.78 bits per heavy atom. The molecule has 1 atom stereocenters. The van der Waals surface area contributed by atoms with E-state index in [1.807, 2.05) is 12.1 Å². The van der Waals surface area contributed by atoms with Crippen molar-refractivity contribution in [1.82, 2.24) is 4.90 Å². The molecule has 0 unspecified atom stereocenters. The van der Waals surface area contributed by atoms with Gasteiger partial charge in [0.1, 0.15) is 11.5 Å². The van der Waals surface area contributed by atoms with Crippen molar-refractivity contribution in [2.45, 2.75) is 39.3 Å². The van der Waals surface area contributed by atoms with E-state index in [0.717, 1.165) is 43.8 Å². The van der Waals surface area contributed by atoms with Gasteiger partial charge in [-0.2, -0.15) is 0 Å². The van der Waals surface area contributed by atoms with Gasteiger partial charge < -0.3 is 14.6 Å². The maximum atomic E-state index is 10.2. The minimum Gasteiger partial charge on any atom is -0.496 e. The Hall–Kier alpha value is -0.970. The number of methoxy groups -OCH3 is 2. The molecule has 1 aromatic carbocycles. The first-order chi connectivity index (χ1) is 11.0. The fourth-order valence-corrected chi connectivity index (χ4v) is 3.55. The molecular formula is C18H28ClNO3. The standard InChI is InChI=1S/C18H28ClNO3/c1-12(2)18(21)13-5-7-20(8-6-13)11-14-9-15(19)17(23-4)10-16(14)22-3/h9-10,12-13,18,21H,5-8,11H2,1-4H3/t18-/m1/s1.